The molecule has 1 N–H and O–H groups in total. The average molecular weight is 210 g/mol. The Hall–Kier alpha value is -0.730. The molecule has 0 heterocycles. The molecule has 3 heteroatoms. The van der Waals surface area contributed by atoms with Crippen LogP contribution in [-0.2, 0) is 0 Å². The first-order valence-electron chi connectivity index (χ1n) is 6.27. The van der Waals surface area contributed by atoms with Crippen molar-refractivity contribution in [1.82, 2.24) is 10.2 Å². The van der Waals surface area contributed by atoms with Crippen LogP contribution in [0.5, 0.6) is 0 Å². The van der Waals surface area contributed by atoms with Gasteiger partial charge in [-0.25, -0.2) is 4.79 Å². The van der Waals surface area contributed by atoms with E-state index in [-0.39, 0.29) is 6.03 Å². The predicted octanol–water partition coefficient (Wildman–Crippen LogP) is 2.37. The first kappa shape index (κ1) is 10.8. The lowest BCUT2D eigenvalue weighted by molar-refractivity contribution is 0.192. The zero-order chi connectivity index (χ0) is 10.7. The highest BCUT2D eigenvalue weighted by Gasteiger charge is 2.25. The van der Waals surface area contributed by atoms with Gasteiger partial charge >= 0.3 is 6.03 Å². The SMILES string of the molecule is CN(CC1CCCCC1)C(=O)NC1CC1. The number of hydrogen-bond acceptors (Lipinski definition) is 1. The van der Waals surface area contributed by atoms with Crippen LogP contribution in [0.25, 0.3) is 0 Å². The molecule has 0 atom stereocenters. The molecule has 2 fully saturated rings. The van der Waals surface area contributed by atoms with Crippen LogP contribution < -0.4 is 5.32 Å². The molecule has 2 amide bonds. The third kappa shape index (κ3) is 3.40. The molecule has 0 spiro atoms. The van der Waals surface area contributed by atoms with Crippen molar-refractivity contribution in [3.05, 3.63) is 0 Å². The van der Waals surface area contributed by atoms with E-state index >= 15 is 0 Å². The first-order chi connectivity index (χ1) is 7.25. The summed E-state index contributed by atoms with van der Waals surface area (Å²) in [5.41, 5.74) is 0. The Bertz CT molecular complexity index is 220. The Morgan fingerprint density at radius 3 is 2.47 bits per heavy atom. The lowest BCUT2D eigenvalue weighted by Crippen LogP contribution is -2.41. The van der Waals surface area contributed by atoms with Crippen LogP contribution in [0.2, 0.25) is 0 Å². The van der Waals surface area contributed by atoms with Crippen LogP contribution in [0.1, 0.15) is 44.9 Å². The fraction of sp³-hybridized carbons (Fsp3) is 0.917. The van der Waals surface area contributed by atoms with E-state index in [0.717, 1.165) is 12.5 Å². The second-order valence-electron chi connectivity index (χ2n) is 5.11. The molecule has 0 unspecified atom stereocenters. The van der Waals surface area contributed by atoms with E-state index in [4.69, 9.17) is 0 Å². The van der Waals surface area contributed by atoms with Crippen LogP contribution in [0.15, 0.2) is 0 Å². The molecule has 15 heavy (non-hydrogen) atoms. The summed E-state index contributed by atoms with van der Waals surface area (Å²) in [7, 11) is 1.92. The van der Waals surface area contributed by atoms with Crippen LogP contribution in [0.4, 0.5) is 4.79 Å². The van der Waals surface area contributed by atoms with Crippen molar-refractivity contribution < 1.29 is 4.79 Å². The van der Waals surface area contributed by atoms with Gasteiger partial charge in [0, 0.05) is 19.6 Å². The van der Waals surface area contributed by atoms with Gasteiger partial charge in [-0.2, -0.15) is 0 Å². The van der Waals surface area contributed by atoms with Gasteiger partial charge < -0.3 is 10.2 Å². The van der Waals surface area contributed by atoms with Gasteiger partial charge in [0.2, 0.25) is 0 Å². The molecule has 2 saturated carbocycles. The van der Waals surface area contributed by atoms with Crippen LogP contribution in [0, 0.1) is 5.92 Å². The number of nitrogens with zero attached hydrogens (tertiary/aromatic N) is 1. The summed E-state index contributed by atoms with van der Waals surface area (Å²) in [5.74, 6) is 0.744. The van der Waals surface area contributed by atoms with Crippen LogP contribution in [-0.4, -0.2) is 30.6 Å². The fourth-order valence-corrected chi connectivity index (χ4v) is 2.35. The zero-order valence-corrected chi connectivity index (χ0v) is 9.67. The molecule has 0 saturated heterocycles. The molecule has 0 aromatic carbocycles. The fourth-order valence-electron chi connectivity index (χ4n) is 2.35. The number of amides is 2. The van der Waals surface area contributed by atoms with E-state index < -0.39 is 0 Å². The number of hydrogen-bond donors (Lipinski definition) is 1. The molecule has 0 radical (unpaired) electrons. The van der Waals surface area contributed by atoms with Crippen molar-refractivity contribution in [2.45, 2.75) is 51.0 Å². The van der Waals surface area contributed by atoms with E-state index in [2.05, 4.69) is 5.32 Å². The van der Waals surface area contributed by atoms with Gasteiger partial charge in [0.1, 0.15) is 0 Å². The van der Waals surface area contributed by atoms with Gasteiger partial charge in [0.05, 0.1) is 0 Å². The van der Waals surface area contributed by atoms with Crippen molar-refractivity contribution in [1.29, 1.82) is 0 Å². The highest BCUT2D eigenvalue weighted by Crippen LogP contribution is 2.24. The highest BCUT2D eigenvalue weighted by molar-refractivity contribution is 5.74. The molecule has 0 bridgehead atoms. The normalized spacial score (nSPS) is 22.5. The van der Waals surface area contributed by atoms with Gasteiger partial charge in [-0.1, -0.05) is 19.3 Å². The maximum absolute atomic E-state index is 11.7. The molecule has 0 aromatic heterocycles. The molecule has 2 aliphatic carbocycles. The van der Waals surface area contributed by atoms with E-state index in [1.165, 1.54) is 44.9 Å². The van der Waals surface area contributed by atoms with E-state index in [0.29, 0.717) is 6.04 Å². The first-order valence-corrected chi connectivity index (χ1v) is 6.27. The highest BCUT2D eigenvalue weighted by atomic mass is 16.2. The van der Waals surface area contributed by atoms with Gasteiger partial charge in [-0.3, -0.25) is 0 Å². The van der Waals surface area contributed by atoms with Crippen LogP contribution >= 0.6 is 0 Å². The average Bonchev–Trinajstić information content (AvgIpc) is 3.03. The maximum atomic E-state index is 11.7. The summed E-state index contributed by atoms with van der Waals surface area (Å²) in [6, 6.07) is 0.606. The Kier molecular flexibility index (Phi) is 3.49. The van der Waals surface area contributed by atoms with Gasteiger partial charge in [-0.05, 0) is 31.6 Å². The minimum atomic E-state index is 0.128. The smallest absolute Gasteiger partial charge is 0.317 e. The van der Waals surface area contributed by atoms with E-state index in [1.54, 1.807) is 0 Å². The molecule has 3 nitrogen and oxygen atoms in total. The van der Waals surface area contributed by atoms with Crippen LogP contribution in [0.3, 0.4) is 0 Å². The summed E-state index contributed by atoms with van der Waals surface area (Å²) < 4.78 is 0. The number of rotatable bonds is 3. The summed E-state index contributed by atoms with van der Waals surface area (Å²) >= 11 is 0. The topological polar surface area (TPSA) is 32.3 Å². The van der Waals surface area contributed by atoms with Gasteiger partial charge in [0.15, 0.2) is 0 Å². The van der Waals surface area contributed by atoms with Crippen molar-refractivity contribution in [3.63, 3.8) is 0 Å². The predicted molar refractivity (Wildman–Crippen MR) is 60.8 cm³/mol. The number of urea groups is 1. The van der Waals surface area contributed by atoms with Gasteiger partial charge in [0.25, 0.3) is 0 Å². The van der Waals surface area contributed by atoms with Crippen molar-refractivity contribution in [2.75, 3.05) is 13.6 Å². The molecule has 2 aliphatic rings. The Morgan fingerprint density at radius 1 is 1.20 bits per heavy atom. The largest absolute Gasteiger partial charge is 0.335 e. The minimum absolute atomic E-state index is 0.128. The number of nitrogens with one attached hydrogen (secondary N) is 1. The Balaban J connectivity index is 1.69. The lowest BCUT2D eigenvalue weighted by Gasteiger charge is -2.27. The van der Waals surface area contributed by atoms with Crippen molar-refractivity contribution in [3.8, 4) is 0 Å². The monoisotopic (exact) mass is 210 g/mol. The third-order valence-corrected chi connectivity index (χ3v) is 3.51. The molecule has 0 aliphatic heterocycles. The molecule has 86 valence electrons. The Morgan fingerprint density at radius 2 is 1.87 bits per heavy atom. The van der Waals surface area contributed by atoms with Crippen molar-refractivity contribution >= 4 is 6.03 Å². The van der Waals surface area contributed by atoms with Crippen molar-refractivity contribution in [2.24, 2.45) is 5.92 Å². The third-order valence-electron chi connectivity index (χ3n) is 3.51. The molecular weight excluding hydrogens is 188 g/mol. The molecule has 2 rings (SSSR count). The maximum Gasteiger partial charge on any atom is 0.317 e. The van der Waals surface area contributed by atoms with E-state index in [9.17, 15) is 4.79 Å². The summed E-state index contributed by atoms with van der Waals surface area (Å²) in [4.78, 5) is 13.6. The standard InChI is InChI=1S/C12H22N2O/c1-14(12(15)13-11-7-8-11)9-10-5-3-2-4-6-10/h10-11H,2-9H2,1H3,(H,13,15). The Labute approximate surface area is 92.2 Å². The number of carbonyl (C=O) groups excluding carboxylic acids is 1. The minimum Gasteiger partial charge on any atom is -0.335 e. The van der Waals surface area contributed by atoms with Gasteiger partial charge in [-0.15, -0.1) is 0 Å². The summed E-state index contributed by atoms with van der Waals surface area (Å²) in [6.45, 7) is 0.943. The van der Waals surface area contributed by atoms with E-state index in [1.807, 2.05) is 11.9 Å². The second-order valence-corrected chi connectivity index (χ2v) is 5.11. The summed E-state index contributed by atoms with van der Waals surface area (Å²) in [6.07, 6.45) is 9.04. The molecule has 0 aromatic rings. The zero-order valence-electron chi connectivity index (χ0n) is 9.67. The lowest BCUT2D eigenvalue weighted by atomic mass is 9.89. The second kappa shape index (κ2) is 4.86. The molecular formula is C12H22N2O. The number of carbonyl (C=O) groups is 1. The quantitative estimate of drug-likeness (QED) is 0.762. The summed E-state index contributed by atoms with van der Waals surface area (Å²) in [5, 5.41) is 3.03.